The molecule has 0 fully saturated rings. The van der Waals surface area contributed by atoms with Gasteiger partial charge >= 0.3 is 6.03 Å². The summed E-state index contributed by atoms with van der Waals surface area (Å²) in [5.41, 5.74) is 7.22. The van der Waals surface area contributed by atoms with Crippen LogP contribution in [0.25, 0.3) is 0 Å². The van der Waals surface area contributed by atoms with Crippen molar-refractivity contribution in [3.05, 3.63) is 58.1 Å². The SMILES string of the molecule is CCCCNC(=O)NCC1C=CC(CN2C(=O)C(CCCC)(c3cccc(Br)c3)N=C2N)=CC1. The molecule has 8 heteroatoms. The Morgan fingerprint density at radius 3 is 2.74 bits per heavy atom. The Labute approximate surface area is 211 Å². The van der Waals surface area contributed by atoms with Gasteiger partial charge in [0.25, 0.3) is 5.91 Å². The lowest BCUT2D eigenvalue weighted by molar-refractivity contribution is -0.131. The minimum absolute atomic E-state index is 0.0709. The molecule has 4 N–H and O–H groups in total. The second-order valence-electron chi connectivity index (χ2n) is 8.96. The van der Waals surface area contributed by atoms with Gasteiger partial charge < -0.3 is 16.4 Å². The first kappa shape index (κ1) is 26.0. The van der Waals surface area contributed by atoms with Gasteiger partial charge in [0.05, 0.1) is 6.54 Å². The van der Waals surface area contributed by atoms with Crippen molar-refractivity contribution >= 4 is 33.8 Å². The molecule has 0 radical (unpaired) electrons. The molecular weight excluding hydrogens is 494 g/mol. The van der Waals surface area contributed by atoms with Crippen LogP contribution >= 0.6 is 15.9 Å². The maximum absolute atomic E-state index is 13.7. The molecule has 0 saturated heterocycles. The summed E-state index contributed by atoms with van der Waals surface area (Å²) in [5, 5.41) is 5.79. The number of guanidine groups is 1. The van der Waals surface area contributed by atoms with Crippen LogP contribution in [0.1, 0.15) is 57.9 Å². The summed E-state index contributed by atoms with van der Waals surface area (Å²) >= 11 is 3.52. The standard InChI is InChI=1S/C26H36BrN5O2/c1-3-5-14-26(21-8-7-9-22(27)16-21)23(33)32(24(28)31-26)18-20-12-10-19(11-13-20)17-30-25(34)29-15-6-4-2/h7-10,12-13,16,19H,3-6,11,14-15,17-18H2,1-2H3,(H2,28,31)(H2,29,30,34). The summed E-state index contributed by atoms with van der Waals surface area (Å²) in [6.45, 7) is 5.87. The highest BCUT2D eigenvalue weighted by Gasteiger charge is 2.48. The predicted molar refractivity (Wildman–Crippen MR) is 140 cm³/mol. The van der Waals surface area contributed by atoms with Gasteiger partial charge in [-0.05, 0) is 48.4 Å². The number of nitrogens with two attached hydrogens (primary N) is 1. The molecule has 1 aliphatic carbocycles. The Bertz CT molecular complexity index is 974. The van der Waals surface area contributed by atoms with E-state index in [1.54, 1.807) is 4.90 Å². The number of benzene rings is 1. The third-order valence-corrected chi connectivity index (χ3v) is 6.82. The van der Waals surface area contributed by atoms with Crippen LogP contribution in [0.3, 0.4) is 0 Å². The predicted octanol–water partition coefficient (Wildman–Crippen LogP) is 4.59. The van der Waals surface area contributed by atoms with E-state index < -0.39 is 5.54 Å². The number of urea groups is 1. The summed E-state index contributed by atoms with van der Waals surface area (Å²) in [6, 6.07) is 7.66. The van der Waals surface area contributed by atoms with Crippen molar-refractivity contribution in [2.24, 2.45) is 16.6 Å². The van der Waals surface area contributed by atoms with E-state index >= 15 is 0 Å². The fraction of sp³-hybridized carbons (Fsp3) is 0.500. The normalized spacial score (nSPS) is 21.9. The average Bonchev–Trinajstić information content (AvgIpc) is 3.07. The number of carbonyl (C=O) groups is 2. The maximum atomic E-state index is 13.7. The molecule has 2 aliphatic rings. The zero-order valence-corrected chi connectivity index (χ0v) is 21.7. The highest BCUT2D eigenvalue weighted by atomic mass is 79.9. The molecule has 1 aliphatic heterocycles. The molecule has 1 heterocycles. The van der Waals surface area contributed by atoms with Crippen LogP contribution in [0.5, 0.6) is 0 Å². The Morgan fingerprint density at radius 1 is 1.26 bits per heavy atom. The molecule has 184 valence electrons. The number of aliphatic imine (C=N–C) groups is 1. The summed E-state index contributed by atoms with van der Waals surface area (Å²) in [5.74, 6) is 0.424. The molecule has 0 bridgehead atoms. The molecule has 0 aromatic heterocycles. The van der Waals surface area contributed by atoms with Crippen molar-refractivity contribution in [2.45, 2.75) is 57.9 Å². The highest BCUT2D eigenvalue weighted by Crippen LogP contribution is 2.39. The Morgan fingerprint density at radius 2 is 2.06 bits per heavy atom. The van der Waals surface area contributed by atoms with Crippen molar-refractivity contribution in [1.29, 1.82) is 0 Å². The van der Waals surface area contributed by atoms with E-state index in [2.05, 4.69) is 52.6 Å². The van der Waals surface area contributed by atoms with E-state index in [0.717, 1.165) is 47.7 Å². The smallest absolute Gasteiger partial charge is 0.314 e. The Kier molecular flexibility index (Phi) is 9.33. The van der Waals surface area contributed by atoms with E-state index in [9.17, 15) is 9.59 Å². The van der Waals surface area contributed by atoms with E-state index in [1.807, 2.05) is 30.3 Å². The van der Waals surface area contributed by atoms with Gasteiger partial charge in [-0.3, -0.25) is 9.69 Å². The van der Waals surface area contributed by atoms with Crippen LogP contribution in [0.2, 0.25) is 0 Å². The Hall–Kier alpha value is -2.61. The van der Waals surface area contributed by atoms with Gasteiger partial charge in [0, 0.05) is 17.6 Å². The first-order valence-corrected chi connectivity index (χ1v) is 13.0. The molecule has 1 aromatic carbocycles. The zero-order valence-electron chi connectivity index (χ0n) is 20.1. The largest absolute Gasteiger partial charge is 0.369 e. The third kappa shape index (κ3) is 6.29. The lowest BCUT2D eigenvalue weighted by Gasteiger charge is -2.27. The molecule has 1 aromatic rings. The molecule has 3 amide bonds. The van der Waals surface area contributed by atoms with E-state index in [1.165, 1.54) is 0 Å². The lowest BCUT2D eigenvalue weighted by Crippen LogP contribution is -2.44. The number of nitrogens with one attached hydrogen (secondary N) is 2. The molecule has 34 heavy (non-hydrogen) atoms. The number of unbranched alkanes of at least 4 members (excludes halogenated alkanes) is 2. The van der Waals surface area contributed by atoms with Crippen molar-refractivity contribution < 1.29 is 9.59 Å². The number of amides is 3. The first-order valence-electron chi connectivity index (χ1n) is 12.2. The number of nitrogens with zero attached hydrogens (tertiary/aromatic N) is 2. The van der Waals surface area contributed by atoms with Crippen molar-refractivity contribution in [3.8, 4) is 0 Å². The van der Waals surface area contributed by atoms with Gasteiger partial charge in [0.15, 0.2) is 11.5 Å². The monoisotopic (exact) mass is 529 g/mol. The second kappa shape index (κ2) is 12.2. The number of halogens is 1. The molecule has 7 nitrogen and oxygen atoms in total. The minimum atomic E-state index is -0.972. The fourth-order valence-electron chi connectivity index (χ4n) is 4.28. The first-order chi connectivity index (χ1) is 16.4. The topological polar surface area (TPSA) is 99.8 Å². The van der Waals surface area contributed by atoms with Crippen LogP contribution in [-0.2, 0) is 10.3 Å². The van der Waals surface area contributed by atoms with Gasteiger partial charge in [0.2, 0.25) is 0 Å². The summed E-state index contributed by atoms with van der Waals surface area (Å²) in [7, 11) is 0. The number of rotatable bonds is 11. The Balaban J connectivity index is 1.62. The molecule has 0 spiro atoms. The van der Waals surface area contributed by atoms with E-state index in [0.29, 0.717) is 26.1 Å². The van der Waals surface area contributed by atoms with E-state index in [4.69, 9.17) is 10.7 Å². The van der Waals surface area contributed by atoms with Crippen molar-refractivity contribution in [3.63, 3.8) is 0 Å². The zero-order chi connectivity index (χ0) is 24.6. The van der Waals surface area contributed by atoms with Crippen LogP contribution in [0, 0.1) is 5.92 Å². The quantitative estimate of drug-likeness (QED) is 0.365. The summed E-state index contributed by atoms with van der Waals surface area (Å²) < 4.78 is 0.914. The molecule has 2 unspecified atom stereocenters. The van der Waals surface area contributed by atoms with Gasteiger partial charge in [0.1, 0.15) is 0 Å². The van der Waals surface area contributed by atoms with Crippen molar-refractivity contribution in [1.82, 2.24) is 15.5 Å². The van der Waals surface area contributed by atoms with E-state index in [-0.39, 0.29) is 23.8 Å². The van der Waals surface area contributed by atoms with Gasteiger partial charge in [-0.2, -0.15) is 0 Å². The summed E-state index contributed by atoms with van der Waals surface area (Å²) in [4.78, 5) is 31.9. The average molecular weight is 531 g/mol. The van der Waals surface area contributed by atoms with Crippen LogP contribution in [0.15, 0.2) is 57.5 Å². The van der Waals surface area contributed by atoms with Crippen LogP contribution in [0.4, 0.5) is 4.79 Å². The van der Waals surface area contributed by atoms with Crippen molar-refractivity contribution in [2.75, 3.05) is 19.6 Å². The lowest BCUT2D eigenvalue weighted by atomic mass is 9.85. The number of carbonyl (C=O) groups excluding carboxylic acids is 2. The second-order valence-corrected chi connectivity index (χ2v) is 9.88. The molecule has 3 rings (SSSR count). The number of hydrogen-bond donors (Lipinski definition) is 3. The molecule has 2 atom stereocenters. The molecular formula is C26H36BrN5O2. The highest BCUT2D eigenvalue weighted by molar-refractivity contribution is 9.10. The van der Waals surface area contributed by atoms with Crippen LogP contribution in [-0.4, -0.2) is 42.4 Å². The maximum Gasteiger partial charge on any atom is 0.314 e. The third-order valence-electron chi connectivity index (χ3n) is 6.32. The van der Waals surface area contributed by atoms with Gasteiger partial charge in [-0.1, -0.05) is 79.4 Å². The fourth-order valence-corrected chi connectivity index (χ4v) is 4.68. The minimum Gasteiger partial charge on any atom is -0.369 e. The summed E-state index contributed by atoms with van der Waals surface area (Å²) in [6.07, 6.45) is 11.5. The molecule has 0 saturated carbocycles. The van der Waals surface area contributed by atoms with Crippen LogP contribution < -0.4 is 16.4 Å². The number of allylic oxidation sites excluding steroid dienone is 1. The van der Waals surface area contributed by atoms with Gasteiger partial charge in [-0.15, -0.1) is 0 Å². The van der Waals surface area contributed by atoms with Gasteiger partial charge in [-0.25, -0.2) is 9.79 Å². The number of hydrogen-bond acceptors (Lipinski definition) is 4.